The third-order valence-electron chi connectivity index (χ3n) is 4.97. The lowest BCUT2D eigenvalue weighted by Crippen LogP contribution is -2.34. The summed E-state index contributed by atoms with van der Waals surface area (Å²) in [6.45, 7) is 0. The van der Waals surface area contributed by atoms with Crippen molar-refractivity contribution in [3.05, 3.63) is 86.2 Å². The Morgan fingerprint density at radius 1 is 1.20 bits per heavy atom. The number of anilines is 1. The molecule has 4 rings (SSSR count). The highest BCUT2D eigenvalue weighted by Crippen LogP contribution is 2.37. The second kappa shape index (κ2) is 8.20. The molecule has 1 atom stereocenters. The number of nitrogens with zero attached hydrogens (tertiary/aromatic N) is 2. The molecule has 1 amide bonds. The maximum atomic E-state index is 14.4. The zero-order chi connectivity index (χ0) is 21.4. The van der Waals surface area contributed by atoms with Crippen LogP contribution in [0.2, 0.25) is 5.02 Å². The highest BCUT2D eigenvalue weighted by molar-refractivity contribution is 7.98. The highest BCUT2D eigenvalue weighted by atomic mass is 35.5. The molecule has 0 saturated carbocycles. The van der Waals surface area contributed by atoms with Crippen LogP contribution in [0.15, 0.2) is 52.4 Å². The van der Waals surface area contributed by atoms with Crippen molar-refractivity contribution in [2.75, 3.05) is 5.32 Å². The van der Waals surface area contributed by atoms with Crippen LogP contribution in [0, 0.1) is 11.6 Å². The van der Waals surface area contributed by atoms with Gasteiger partial charge in [0.2, 0.25) is 5.91 Å². The Morgan fingerprint density at radius 3 is 2.73 bits per heavy atom. The molecule has 3 aromatic rings. The number of benzene rings is 2. The molecule has 2 aromatic carbocycles. The number of hydrogen-bond acceptors (Lipinski definition) is 4. The molecule has 0 radical (unpaired) electrons. The summed E-state index contributed by atoms with van der Waals surface area (Å²) in [6, 6.07) is 11.1. The molecular formula is C21H16ClF2N3O2S. The highest BCUT2D eigenvalue weighted by Gasteiger charge is 2.34. The topological polar surface area (TPSA) is 64.0 Å². The molecule has 0 unspecified atom stereocenters. The van der Waals surface area contributed by atoms with Crippen LogP contribution in [0.4, 0.5) is 14.6 Å². The largest absolute Gasteiger partial charge is 0.312 e. The average molecular weight is 448 g/mol. The monoisotopic (exact) mass is 447 g/mol. The van der Waals surface area contributed by atoms with Crippen molar-refractivity contribution in [3.63, 3.8) is 0 Å². The van der Waals surface area contributed by atoms with Crippen LogP contribution >= 0.6 is 23.4 Å². The molecule has 0 bridgehead atoms. The predicted octanol–water partition coefficient (Wildman–Crippen LogP) is 4.48. The summed E-state index contributed by atoms with van der Waals surface area (Å²) in [4.78, 5) is 29.3. The van der Waals surface area contributed by atoms with E-state index in [1.54, 1.807) is 17.7 Å². The minimum atomic E-state index is -1.07. The Morgan fingerprint density at radius 2 is 1.97 bits per heavy atom. The minimum Gasteiger partial charge on any atom is -0.312 e. The first-order valence-corrected chi connectivity index (χ1v) is 10.4. The van der Waals surface area contributed by atoms with Crippen molar-refractivity contribution >= 4 is 35.1 Å². The Balaban J connectivity index is 1.76. The second-order valence-electron chi connectivity index (χ2n) is 6.85. The molecule has 0 aliphatic carbocycles. The number of thioether (sulfide) groups is 1. The first kappa shape index (κ1) is 20.6. The third kappa shape index (κ3) is 3.73. The molecule has 2 heterocycles. The maximum Gasteiger partial charge on any atom is 0.279 e. The number of rotatable bonds is 4. The summed E-state index contributed by atoms with van der Waals surface area (Å²) < 4.78 is 29.8. The average Bonchev–Trinajstić information content (AvgIpc) is 2.72. The minimum absolute atomic E-state index is 0.0403. The van der Waals surface area contributed by atoms with Gasteiger partial charge in [-0.25, -0.2) is 8.78 Å². The number of halogens is 3. The molecule has 1 N–H and O–H groups in total. The number of aromatic nitrogens is 2. The summed E-state index contributed by atoms with van der Waals surface area (Å²) in [5.74, 6) is -2.70. The fourth-order valence-electron chi connectivity index (χ4n) is 3.48. The number of carbonyl (C=O) groups is 1. The molecule has 1 aromatic heterocycles. The number of amides is 1. The fraction of sp³-hybridized carbons (Fsp3) is 0.190. The van der Waals surface area contributed by atoms with Crippen LogP contribution in [0.1, 0.15) is 29.0 Å². The smallest absolute Gasteiger partial charge is 0.279 e. The van der Waals surface area contributed by atoms with E-state index in [9.17, 15) is 18.4 Å². The molecule has 0 spiro atoms. The lowest BCUT2D eigenvalue weighted by Gasteiger charge is -2.27. The van der Waals surface area contributed by atoms with E-state index in [-0.39, 0.29) is 29.3 Å². The van der Waals surface area contributed by atoms with E-state index in [0.717, 1.165) is 11.6 Å². The lowest BCUT2D eigenvalue weighted by molar-refractivity contribution is -0.116. The molecule has 9 heteroatoms. The predicted molar refractivity (Wildman–Crippen MR) is 112 cm³/mol. The molecule has 1 aliphatic rings. The van der Waals surface area contributed by atoms with Gasteiger partial charge >= 0.3 is 0 Å². The van der Waals surface area contributed by atoms with Crippen LogP contribution in [-0.2, 0) is 17.6 Å². The maximum absolute atomic E-state index is 14.4. The quantitative estimate of drug-likeness (QED) is 0.473. The first-order chi connectivity index (χ1) is 14.4. The Labute approximate surface area is 180 Å². The van der Waals surface area contributed by atoms with Gasteiger partial charge < -0.3 is 9.88 Å². The Bertz CT molecular complexity index is 1220. The van der Waals surface area contributed by atoms with Crippen molar-refractivity contribution < 1.29 is 13.6 Å². The number of carbonyl (C=O) groups excluding carboxylic acids is 1. The summed E-state index contributed by atoms with van der Waals surface area (Å²) in [5, 5.41) is 3.66. The van der Waals surface area contributed by atoms with Crippen LogP contribution in [0.3, 0.4) is 0 Å². The van der Waals surface area contributed by atoms with E-state index in [1.165, 1.54) is 23.9 Å². The molecule has 154 valence electrons. The van der Waals surface area contributed by atoms with Crippen molar-refractivity contribution in [1.82, 2.24) is 9.55 Å². The van der Waals surface area contributed by atoms with E-state index in [0.29, 0.717) is 15.9 Å². The Kier molecular flexibility index (Phi) is 5.62. The second-order valence-corrected chi connectivity index (χ2v) is 8.20. The van der Waals surface area contributed by atoms with Gasteiger partial charge in [0.1, 0.15) is 5.82 Å². The van der Waals surface area contributed by atoms with Gasteiger partial charge in [-0.15, -0.1) is 0 Å². The van der Waals surface area contributed by atoms with E-state index >= 15 is 0 Å². The first-order valence-electron chi connectivity index (χ1n) is 9.07. The molecule has 30 heavy (non-hydrogen) atoms. The summed E-state index contributed by atoms with van der Waals surface area (Å²) in [6.07, 6.45) is -0.170. The van der Waals surface area contributed by atoms with E-state index in [4.69, 9.17) is 11.6 Å². The van der Waals surface area contributed by atoms with Crippen molar-refractivity contribution in [2.24, 2.45) is 7.05 Å². The van der Waals surface area contributed by atoms with Gasteiger partial charge in [-0.1, -0.05) is 53.7 Å². The molecule has 0 fully saturated rings. The van der Waals surface area contributed by atoms with Crippen molar-refractivity contribution in [3.8, 4) is 0 Å². The SMILES string of the molecule is Cn1c(SCc2ccccc2Cl)nc(=O)c2c1NC(=O)C[C@@H]2c1cccc(F)c1F. The standard InChI is InChI=1S/C21H16ClF2N3O2S/c1-27-19-17(13(9-16(28)25-19)12-6-4-8-15(23)18(12)24)20(29)26-21(27)30-10-11-5-2-3-7-14(11)22/h2-8,13H,9-10H2,1H3,(H,25,28)/t13-/m1/s1. The van der Waals surface area contributed by atoms with Gasteiger partial charge in [0.05, 0.1) is 5.56 Å². The molecule has 5 nitrogen and oxygen atoms in total. The van der Waals surface area contributed by atoms with Crippen LogP contribution in [-0.4, -0.2) is 15.5 Å². The molecule has 0 saturated heterocycles. The summed E-state index contributed by atoms with van der Waals surface area (Å²) in [5.41, 5.74) is 0.392. The molecule has 1 aliphatic heterocycles. The van der Waals surface area contributed by atoms with Crippen LogP contribution in [0.25, 0.3) is 0 Å². The van der Waals surface area contributed by atoms with E-state index in [2.05, 4.69) is 10.3 Å². The van der Waals surface area contributed by atoms with Gasteiger partial charge in [-0.3, -0.25) is 9.59 Å². The van der Waals surface area contributed by atoms with Gasteiger partial charge in [0, 0.05) is 30.2 Å². The number of nitrogens with one attached hydrogen (secondary N) is 1. The lowest BCUT2D eigenvalue weighted by atomic mass is 9.86. The van der Waals surface area contributed by atoms with Crippen molar-refractivity contribution in [2.45, 2.75) is 23.2 Å². The van der Waals surface area contributed by atoms with Gasteiger partial charge in [-0.05, 0) is 23.3 Å². The van der Waals surface area contributed by atoms with Crippen LogP contribution in [0.5, 0.6) is 0 Å². The summed E-state index contributed by atoms with van der Waals surface area (Å²) in [7, 11) is 1.66. The number of hydrogen-bond donors (Lipinski definition) is 1. The van der Waals surface area contributed by atoms with Gasteiger partial charge in [0.25, 0.3) is 5.56 Å². The third-order valence-corrected chi connectivity index (χ3v) is 6.42. The molecular weight excluding hydrogens is 432 g/mol. The fourth-order valence-corrected chi connectivity index (χ4v) is 4.73. The normalized spacial score (nSPS) is 15.6. The van der Waals surface area contributed by atoms with Crippen molar-refractivity contribution in [1.29, 1.82) is 0 Å². The summed E-state index contributed by atoms with van der Waals surface area (Å²) >= 11 is 7.47. The van der Waals surface area contributed by atoms with E-state index < -0.39 is 23.1 Å². The van der Waals surface area contributed by atoms with Gasteiger partial charge in [-0.2, -0.15) is 4.98 Å². The van der Waals surface area contributed by atoms with E-state index in [1.807, 2.05) is 18.2 Å². The van der Waals surface area contributed by atoms with Gasteiger partial charge in [0.15, 0.2) is 16.8 Å². The zero-order valence-corrected chi connectivity index (χ0v) is 17.4. The number of fused-ring (bicyclic) bond motifs is 1. The Hall–Kier alpha value is -2.71. The van der Waals surface area contributed by atoms with Crippen LogP contribution < -0.4 is 10.9 Å². The zero-order valence-electron chi connectivity index (χ0n) is 15.8.